The van der Waals surface area contributed by atoms with Crippen molar-refractivity contribution in [3.63, 3.8) is 0 Å². The minimum absolute atomic E-state index is 0.113. The number of carbonyl (C=O) groups excluding carboxylic acids is 1. The minimum Gasteiger partial charge on any atom is -0.482 e. The zero-order valence-corrected chi connectivity index (χ0v) is 15.4. The van der Waals surface area contributed by atoms with Crippen LogP contribution in [0.5, 0.6) is 5.75 Å². The Balaban J connectivity index is 1.65. The molecular formula is C22H19N3O3. The van der Waals surface area contributed by atoms with Crippen molar-refractivity contribution in [2.45, 2.75) is 6.92 Å². The second-order valence-corrected chi connectivity index (χ2v) is 6.09. The van der Waals surface area contributed by atoms with Gasteiger partial charge in [-0.05, 0) is 43.3 Å². The minimum atomic E-state index is -0.388. The lowest BCUT2D eigenvalue weighted by Crippen LogP contribution is -2.14. The molecule has 0 atom stereocenters. The zero-order chi connectivity index (χ0) is 19.3. The number of pyridine rings is 1. The predicted octanol–water partition coefficient (Wildman–Crippen LogP) is 4.03. The summed E-state index contributed by atoms with van der Waals surface area (Å²) in [5, 5.41) is 5.78. The molecule has 0 aliphatic carbocycles. The molecule has 0 aliphatic rings. The summed E-state index contributed by atoms with van der Waals surface area (Å²) >= 11 is 0. The van der Waals surface area contributed by atoms with Crippen molar-refractivity contribution in [2.24, 2.45) is 0 Å². The van der Waals surface area contributed by atoms with Crippen LogP contribution >= 0.6 is 0 Å². The second-order valence-electron chi connectivity index (χ2n) is 6.09. The molecule has 4 rings (SSSR count). The van der Waals surface area contributed by atoms with E-state index in [0.29, 0.717) is 12.4 Å². The first-order chi connectivity index (χ1) is 13.8. The van der Waals surface area contributed by atoms with Crippen LogP contribution in [0.25, 0.3) is 28.0 Å². The first-order valence-corrected chi connectivity index (χ1v) is 9.04. The van der Waals surface area contributed by atoms with Crippen LogP contribution in [0.4, 0.5) is 0 Å². The normalized spacial score (nSPS) is 10.8. The van der Waals surface area contributed by atoms with Crippen LogP contribution in [0.1, 0.15) is 6.92 Å². The van der Waals surface area contributed by atoms with Crippen LogP contribution in [0, 0.1) is 0 Å². The van der Waals surface area contributed by atoms with E-state index in [1.54, 1.807) is 25.3 Å². The third kappa shape index (κ3) is 3.57. The van der Waals surface area contributed by atoms with Crippen LogP contribution < -0.4 is 4.74 Å². The molecule has 0 saturated heterocycles. The van der Waals surface area contributed by atoms with Gasteiger partial charge < -0.3 is 9.47 Å². The van der Waals surface area contributed by atoms with Crippen LogP contribution in [-0.2, 0) is 9.53 Å². The monoisotopic (exact) mass is 373 g/mol. The predicted molar refractivity (Wildman–Crippen MR) is 106 cm³/mol. The fraction of sp³-hybridized carbons (Fsp3) is 0.136. The molecular weight excluding hydrogens is 354 g/mol. The SMILES string of the molecule is CCOC(=O)COc1ccc(-n2nc(-c3ccccc3)c3cccnc32)cc1. The number of esters is 1. The van der Waals surface area contributed by atoms with Crippen molar-refractivity contribution in [2.75, 3.05) is 13.2 Å². The molecule has 28 heavy (non-hydrogen) atoms. The van der Waals surface area contributed by atoms with Gasteiger partial charge in [-0.2, -0.15) is 5.10 Å². The standard InChI is InChI=1S/C22H19N3O3/c1-2-27-20(26)15-28-18-12-10-17(11-13-18)25-22-19(9-6-14-23-22)21(24-25)16-7-4-3-5-8-16/h3-14H,2,15H2,1H3. The van der Waals surface area contributed by atoms with Gasteiger partial charge in [-0.3, -0.25) is 0 Å². The third-order valence-electron chi connectivity index (χ3n) is 4.23. The summed E-state index contributed by atoms with van der Waals surface area (Å²) in [7, 11) is 0. The maximum atomic E-state index is 11.4. The number of fused-ring (bicyclic) bond motifs is 1. The first kappa shape index (κ1) is 17.7. The van der Waals surface area contributed by atoms with Crippen molar-refractivity contribution >= 4 is 17.0 Å². The summed E-state index contributed by atoms with van der Waals surface area (Å²) in [5.41, 5.74) is 3.55. The maximum absolute atomic E-state index is 11.4. The van der Waals surface area contributed by atoms with Gasteiger partial charge in [0.1, 0.15) is 11.4 Å². The third-order valence-corrected chi connectivity index (χ3v) is 4.23. The van der Waals surface area contributed by atoms with E-state index in [-0.39, 0.29) is 12.6 Å². The molecule has 0 amide bonds. The number of ether oxygens (including phenoxy) is 2. The molecule has 0 radical (unpaired) electrons. The molecule has 0 fully saturated rings. The summed E-state index contributed by atoms with van der Waals surface area (Å²) in [6, 6.07) is 21.3. The quantitative estimate of drug-likeness (QED) is 0.478. The Morgan fingerprint density at radius 3 is 2.54 bits per heavy atom. The van der Waals surface area contributed by atoms with Gasteiger partial charge in [-0.1, -0.05) is 30.3 Å². The van der Waals surface area contributed by atoms with Crippen LogP contribution in [0.3, 0.4) is 0 Å². The molecule has 2 heterocycles. The lowest BCUT2D eigenvalue weighted by molar-refractivity contribution is -0.145. The van der Waals surface area contributed by atoms with Gasteiger partial charge in [-0.15, -0.1) is 0 Å². The molecule has 140 valence electrons. The number of hydrogen-bond acceptors (Lipinski definition) is 5. The topological polar surface area (TPSA) is 66.2 Å². The van der Waals surface area contributed by atoms with Crippen LogP contribution in [0.15, 0.2) is 72.9 Å². The number of benzene rings is 2. The molecule has 0 unspecified atom stereocenters. The first-order valence-electron chi connectivity index (χ1n) is 9.04. The van der Waals surface area contributed by atoms with E-state index in [2.05, 4.69) is 4.98 Å². The van der Waals surface area contributed by atoms with E-state index in [1.165, 1.54) is 0 Å². The highest BCUT2D eigenvalue weighted by molar-refractivity contribution is 5.91. The second kappa shape index (κ2) is 7.92. The zero-order valence-electron chi connectivity index (χ0n) is 15.4. The smallest absolute Gasteiger partial charge is 0.344 e. The van der Waals surface area contributed by atoms with Crippen molar-refractivity contribution in [1.82, 2.24) is 14.8 Å². The summed E-state index contributed by atoms with van der Waals surface area (Å²) < 4.78 is 12.1. The number of aromatic nitrogens is 3. The number of rotatable bonds is 6. The Bertz CT molecular complexity index is 1090. The average molecular weight is 373 g/mol. The lowest BCUT2D eigenvalue weighted by Gasteiger charge is -2.07. The van der Waals surface area contributed by atoms with E-state index >= 15 is 0 Å². The molecule has 6 nitrogen and oxygen atoms in total. The molecule has 0 saturated carbocycles. The molecule has 0 N–H and O–H groups in total. The molecule has 2 aromatic carbocycles. The highest BCUT2D eigenvalue weighted by atomic mass is 16.6. The van der Waals surface area contributed by atoms with Crippen LogP contribution in [0.2, 0.25) is 0 Å². The average Bonchev–Trinajstić information content (AvgIpc) is 3.13. The highest BCUT2D eigenvalue weighted by Gasteiger charge is 2.14. The Morgan fingerprint density at radius 2 is 1.79 bits per heavy atom. The van der Waals surface area contributed by atoms with Crippen LogP contribution in [-0.4, -0.2) is 33.9 Å². The summed E-state index contributed by atoms with van der Waals surface area (Å²) in [5.74, 6) is 0.200. The molecule has 0 bridgehead atoms. The molecule has 4 aromatic rings. The molecule has 6 heteroatoms. The van der Waals surface area contributed by atoms with Gasteiger partial charge in [0.2, 0.25) is 0 Å². The van der Waals surface area contributed by atoms with E-state index in [0.717, 1.165) is 28.0 Å². The number of nitrogens with zero attached hydrogens (tertiary/aromatic N) is 3. The highest BCUT2D eigenvalue weighted by Crippen LogP contribution is 2.28. The molecule has 0 spiro atoms. The van der Waals surface area contributed by atoms with Gasteiger partial charge >= 0.3 is 5.97 Å². The van der Waals surface area contributed by atoms with E-state index in [4.69, 9.17) is 14.6 Å². The Hall–Kier alpha value is -3.67. The summed E-state index contributed by atoms with van der Waals surface area (Å²) in [6.45, 7) is 1.99. The van der Waals surface area contributed by atoms with Crippen molar-refractivity contribution in [3.8, 4) is 22.7 Å². The fourth-order valence-corrected chi connectivity index (χ4v) is 2.97. The van der Waals surface area contributed by atoms with E-state index < -0.39 is 0 Å². The van der Waals surface area contributed by atoms with Gasteiger partial charge in [0.25, 0.3) is 0 Å². The van der Waals surface area contributed by atoms with Crippen molar-refractivity contribution in [1.29, 1.82) is 0 Å². The Labute approximate surface area is 162 Å². The van der Waals surface area contributed by atoms with Gasteiger partial charge in [0, 0.05) is 17.1 Å². The Morgan fingerprint density at radius 1 is 1.00 bits per heavy atom. The summed E-state index contributed by atoms with van der Waals surface area (Å²) in [4.78, 5) is 15.9. The number of hydrogen-bond donors (Lipinski definition) is 0. The molecule has 2 aromatic heterocycles. The van der Waals surface area contributed by atoms with E-state index in [9.17, 15) is 4.79 Å². The van der Waals surface area contributed by atoms with Gasteiger partial charge in [0.15, 0.2) is 12.3 Å². The fourth-order valence-electron chi connectivity index (χ4n) is 2.97. The van der Waals surface area contributed by atoms with Gasteiger partial charge in [-0.25, -0.2) is 14.5 Å². The van der Waals surface area contributed by atoms with E-state index in [1.807, 2.05) is 59.3 Å². The largest absolute Gasteiger partial charge is 0.482 e. The molecule has 0 aliphatic heterocycles. The van der Waals surface area contributed by atoms with Crippen molar-refractivity contribution < 1.29 is 14.3 Å². The lowest BCUT2D eigenvalue weighted by atomic mass is 10.1. The van der Waals surface area contributed by atoms with Gasteiger partial charge in [0.05, 0.1) is 12.3 Å². The summed E-state index contributed by atoms with van der Waals surface area (Å²) in [6.07, 6.45) is 1.76. The Kier molecular flexibility index (Phi) is 5.01. The van der Waals surface area contributed by atoms with Crippen molar-refractivity contribution in [3.05, 3.63) is 72.9 Å². The number of carbonyl (C=O) groups is 1. The maximum Gasteiger partial charge on any atom is 0.344 e.